The van der Waals surface area contributed by atoms with Gasteiger partial charge in [-0.05, 0) is 35.1 Å². The summed E-state index contributed by atoms with van der Waals surface area (Å²) in [5.74, 6) is -0.0153. The van der Waals surface area contributed by atoms with E-state index in [4.69, 9.17) is 9.47 Å². The first-order valence-corrected chi connectivity index (χ1v) is 9.29. The molecule has 1 fully saturated rings. The van der Waals surface area contributed by atoms with Crippen molar-refractivity contribution >= 4 is 34.5 Å². The predicted octanol–water partition coefficient (Wildman–Crippen LogP) is 0.140. The number of unbranched alkanes of at least 4 members (excludes halogenated alkanes) is 2. The summed E-state index contributed by atoms with van der Waals surface area (Å²) in [5.41, 5.74) is -0.812. The Kier molecular flexibility index (Phi) is 7.34. The van der Waals surface area contributed by atoms with Crippen LogP contribution in [-0.4, -0.2) is 62.5 Å². The van der Waals surface area contributed by atoms with Gasteiger partial charge >= 0.3 is 11.8 Å². The van der Waals surface area contributed by atoms with Crippen molar-refractivity contribution in [3.8, 4) is 0 Å². The Morgan fingerprint density at radius 1 is 1.50 bits per heavy atom. The Balaban J connectivity index is 2.08. The van der Waals surface area contributed by atoms with Crippen molar-refractivity contribution in [2.75, 3.05) is 18.5 Å². The van der Waals surface area contributed by atoms with E-state index in [1.54, 1.807) is 22.6 Å². The first-order valence-electron chi connectivity index (χ1n) is 8.21. The van der Waals surface area contributed by atoms with Gasteiger partial charge < -0.3 is 24.8 Å². The zero-order valence-corrected chi connectivity index (χ0v) is 16.3. The molecule has 0 bridgehead atoms. The average molecular weight is 483 g/mol. The molecule has 0 aromatic carbocycles. The Morgan fingerprint density at radius 2 is 2.23 bits per heavy atom. The Bertz CT molecular complexity index is 685. The van der Waals surface area contributed by atoms with Crippen LogP contribution >= 0.6 is 22.6 Å². The molecule has 4 atom stereocenters. The van der Waals surface area contributed by atoms with Crippen LogP contribution in [0.3, 0.4) is 0 Å². The first-order chi connectivity index (χ1) is 12.3. The van der Waals surface area contributed by atoms with Gasteiger partial charge in [0.05, 0.1) is 13.2 Å². The molecule has 0 saturated carbocycles. The van der Waals surface area contributed by atoms with Crippen LogP contribution < -0.4 is 11.0 Å². The molecule has 0 spiro atoms. The maximum atomic E-state index is 12.3. The molecular weight excluding hydrogens is 461 g/mol. The highest BCUT2D eigenvalue weighted by atomic mass is 127. The molecule has 26 heavy (non-hydrogen) atoms. The maximum absolute atomic E-state index is 12.3. The summed E-state index contributed by atoms with van der Waals surface area (Å²) in [6, 6.07) is 1.34. The van der Waals surface area contributed by atoms with Gasteiger partial charge in [-0.25, -0.2) is 9.59 Å². The van der Waals surface area contributed by atoms with Crippen molar-refractivity contribution in [3.63, 3.8) is 0 Å². The van der Waals surface area contributed by atoms with Gasteiger partial charge in [0.2, 0.25) is 3.73 Å². The molecule has 1 aromatic heterocycles. The van der Waals surface area contributed by atoms with Crippen molar-refractivity contribution in [3.05, 3.63) is 22.7 Å². The lowest BCUT2D eigenvalue weighted by molar-refractivity contribution is -0.0688. The van der Waals surface area contributed by atoms with Gasteiger partial charge in [0.25, 0.3) is 0 Å². The summed E-state index contributed by atoms with van der Waals surface area (Å²) in [4.78, 5) is 27.7. The number of alkyl halides is 1. The lowest BCUT2D eigenvalue weighted by atomic mass is 10.1. The summed E-state index contributed by atoms with van der Waals surface area (Å²) in [7, 11) is 0. The highest BCUT2D eigenvalue weighted by molar-refractivity contribution is 14.1. The molecule has 1 aromatic rings. The van der Waals surface area contributed by atoms with Gasteiger partial charge in [0.1, 0.15) is 24.1 Å². The lowest BCUT2D eigenvalue weighted by Gasteiger charge is -2.27. The number of nitrogens with zero attached hydrogens (tertiary/aromatic N) is 2. The third kappa shape index (κ3) is 4.52. The number of nitrogens with one attached hydrogen (secondary N) is 1. The number of carbonyl (C=O) groups excluding carboxylic acids is 1. The number of amides is 1. The molecule has 0 aliphatic carbocycles. The first kappa shape index (κ1) is 21.0. The van der Waals surface area contributed by atoms with E-state index in [0.29, 0.717) is 0 Å². The van der Waals surface area contributed by atoms with E-state index in [1.807, 2.05) is 6.92 Å². The van der Waals surface area contributed by atoms with Crippen LogP contribution in [-0.2, 0) is 13.2 Å². The second kappa shape index (κ2) is 9.08. The van der Waals surface area contributed by atoms with E-state index in [0.717, 1.165) is 23.8 Å². The molecule has 1 saturated heterocycles. The standard InChI is InChI=1S/C15H22IN3O7/c1-2-3-4-7-25-14(24)18-10-5-6-19(13(23)17-10)15(16)12(22)11(21)9(8-20)26-15/h5-6,9,11-12,20-22H,2-4,7-8H2,1H3,(H,17,18,23,24)/t9-,11-,12-,15+/m1/s1. The van der Waals surface area contributed by atoms with Crippen LogP contribution in [0.25, 0.3) is 0 Å². The topological polar surface area (TPSA) is 143 Å². The van der Waals surface area contributed by atoms with E-state index < -0.39 is 40.4 Å². The smallest absolute Gasteiger partial charge is 0.412 e. The second-order valence-electron chi connectivity index (χ2n) is 5.82. The Morgan fingerprint density at radius 3 is 2.81 bits per heavy atom. The van der Waals surface area contributed by atoms with Gasteiger partial charge in [-0.1, -0.05) is 19.8 Å². The Hall–Kier alpha value is -1.28. The van der Waals surface area contributed by atoms with E-state index >= 15 is 0 Å². The van der Waals surface area contributed by atoms with Gasteiger partial charge in [0.15, 0.2) is 0 Å². The van der Waals surface area contributed by atoms with Gasteiger partial charge in [-0.3, -0.25) is 9.88 Å². The molecule has 2 heterocycles. The molecule has 4 N–H and O–H groups in total. The summed E-state index contributed by atoms with van der Waals surface area (Å²) < 4.78 is 9.76. The lowest BCUT2D eigenvalue weighted by Crippen LogP contribution is -2.46. The highest BCUT2D eigenvalue weighted by Crippen LogP contribution is 2.40. The largest absolute Gasteiger partial charge is 0.449 e. The maximum Gasteiger partial charge on any atom is 0.412 e. The van der Waals surface area contributed by atoms with Crippen molar-refractivity contribution < 1.29 is 29.6 Å². The normalized spacial score (nSPS) is 28.1. The number of aromatic nitrogens is 2. The minimum absolute atomic E-state index is 0.0153. The summed E-state index contributed by atoms with van der Waals surface area (Å²) >= 11 is 1.67. The van der Waals surface area contributed by atoms with Gasteiger partial charge in [0, 0.05) is 6.20 Å². The van der Waals surface area contributed by atoms with E-state index in [1.165, 1.54) is 12.3 Å². The molecular formula is C15H22IN3O7. The SMILES string of the molecule is CCCCCOC(=O)Nc1ccn([C@]2(I)O[C@H](CO)[C@@H](O)[C@H]2O)c(=O)n1. The Labute approximate surface area is 163 Å². The third-order valence-corrected chi connectivity index (χ3v) is 5.32. The number of aliphatic hydroxyl groups is 3. The minimum Gasteiger partial charge on any atom is -0.449 e. The van der Waals surface area contributed by atoms with Crippen LogP contribution in [0.1, 0.15) is 26.2 Å². The van der Waals surface area contributed by atoms with Gasteiger partial charge in [-0.2, -0.15) is 4.98 Å². The minimum atomic E-state index is -1.63. The number of aliphatic hydroxyl groups excluding tert-OH is 3. The number of carbonyl (C=O) groups is 1. The van der Waals surface area contributed by atoms with Crippen LogP contribution in [0.15, 0.2) is 17.1 Å². The molecule has 146 valence electrons. The fourth-order valence-electron chi connectivity index (χ4n) is 2.47. The monoisotopic (exact) mass is 483 g/mol. The third-order valence-electron chi connectivity index (χ3n) is 3.91. The van der Waals surface area contributed by atoms with Crippen molar-refractivity contribution in [2.45, 2.75) is 48.2 Å². The summed E-state index contributed by atoms with van der Waals surface area (Å²) in [6.07, 6.45) is -0.607. The molecule has 1 aliphatic heterocycles. The molecule has 11 heteroatoms. The van der Waals surface area contributed by atoms with Crippen LogP contribution in [0.4, 0.5) is 10.6 Å². The highest BCUT2D eigenvalue weighted by Gasteiger charge is 2.54. The molecule has 0 unspecified atom stereocenters. The predicted molar refractivity (Wildman–Crippen MR) is 99.0 cm³/mol. The fourth-order valence-corrected chi connectivity index (χ4v) is 3.53. The van der Waals surface area contributed by atoms with Crippen molar-refractivity contribution in [2.24, 2.45) is 0 Å². The van der Waals surface area contributed by atoms with Crippen LogP contribution in [0.2, 0.25) is 0 Å². The van der Waals surface area contributed by atoms with Crippen LogP contribution in [0.5, 0.6) is 0 Å². The van der Waals surface area contributed by atoms with Crippen molar-refractivity contribution in [1.82, 2.24) is 9.55 Å². The summed E-state index contributed by atoms with van der Waals surface area (Å²) in [6.45, 7) is 1.79. The van der Waals surface area contributed by atoms with E-state index in [9.17, 15) is 24.9 Å². The number of ether oxygens (including phenoxy) is 2. The molecule has 1 amide bonds. The molecule has 10 nitrogen and oxygen atoms in total. The zero-order valence-electron chi connectivity index (χ0n) is 14.2. The number of hydrogen-bond donors (Lipinski definition) is 4. The summed E-state index contributed by atoms with van der Waals surface area (Å²) in [5, 5.41) is 31.6. The fraction of sp³-hybridized carbons (Fsp3) is 0.667. The quantitative estimate of drug-likeness (QED) is 0.244. The number of halogens is 1. The average Bonchev–Trinajstić information content (AvgIpc) is 2.83. The van der Waals surface area contributed by atoms with E-state index in [-0.39, 0.29) is 12.4 Å². The van der Waals surface area contributed by atoms with Gasteiger partial charge in [-0.15, -0.1) is 0 Å². The second-order valence-corrected chi connectivity index (χ2v) is 7.36. The zero-order chi connectivity index (χ0) is 19.3. The van der Waals surface area contributed by atoms with Crippen molar-refractivity contribution in [1.29, 1.82) is 0 Å². The number of anilines is 1. The number of rotatable bonds is 7. The molecule has 2 rings (SSSR count). The molecule has 0 radical (unpaired) electrons. The van der Waals surface area contributed by atoms with Crippen LogP contribution in [0, 0.1) is 0 Å². The van der Waals surface area contributed by atoms with E-state index in [2.05, 4.69) is 10.3 Å². The molecule has 1 aliphatic rings. The number of hydrogen-bond acceptors (Lipinski definition) is 8.